The van der Waals surface area contributed by atoms with E-state index in [1.54, 1.807) is 17.2 Å². The minimum Gasteiger partial charge on any atom is -0.369 e. The molecule has 0 radical (unpaired) electrons. The van der Waals surface area contributed by atoms with Crippen LogP contribution in [0.5, 0.6) is 0 Å². The van der Waals surface area contributed by atoms with Crippen LogP contribution in [-0.4, -0.2) is 55.3 Å². The summed E-state index contributed by atoms with van der Waals surface area (Å²) in [6, 6.07) is 11.7. The van der Waals surface area contributed by atoms with Gasteiger partial charge in [0, 0.05) is 36.3 Å². The monoisotopic (exact) mass is 447 g/mol. The van der Waals surface area contributed by atoms with E-state index in [1.165, 1.54) is 18.4 Å². The highest BCUT2D eigenvalue weighted by molar-refractivity contribution is 7.91. The lowest BCUT2D eigenvalue weighted by atomic mass is 9.79. The Hall–Kier alpha value is -2.12. The fraction of sp³-hybridized carbons (Fsp3) is 0.455. The number of nitrogens with zero attached hydrogens (tertiary/aromatic N) is 2. The first-order chi connectivity index (χ1) is 14.4. The van der Waals surface area contributed by atoms with E-state index in [1.807, 2.05) is 18.2 Å². The first kappa shape index (κ1) is 21.1. The smallest absolute Gasteiger partial charge is 0.255 e. The number of aromatic nitrogens is 1. The number of nitrogens with one attached hydrogen (secondary N) is 1. The number of amides is 1. The number of sulfone groups is 1. The second kappa shape index (κ2) is 8.55. The Morgan fingerprint density at radius 1 is 1.13 bits per heavy atom. The maximum Gasteiger partial charge on any atom is 0.255 e. The van der Waals surface area contributed by atoms with Crippen LogP contribution in [0.4, 0.5) is 5.82 Å². The van der Waals surface area contributed by atoms with Gasteiger partial charge in [0.05, 0.1) is 17.1 Å². The molecule has 1 saturated heterocycles. The molecule has 2 heterocycles. The molecule has 2 aliphatic rings. The van der Waals surface area contributed by atoms with Gasteiger partial charge in [-0.1, -0.05) is 36.6 Å². The first-order valence-electron chi connectivity index (χ1n) is 10.3. The maximum absolute atomic E-state index is 12.6. The topological polar surface area (TPSA) is 79.4 Å². The van der Waals surface area contributed by atoms with Crippen molar-refractivity contribution in [3.63, 3.8) is 0 Å². The van der Waals surface area contributed by atoms with Gasteiger partial charge >= 0.3 is 0 Å². The van der Waals surface area contributed by atoms with Gasteiger partial charge in [0.25, 0.3) is 5.91 Å². The number of rotatable bonds is 5. The minimum absolute atomic E-state index is 0.0252. The molecule has 0 unspecified atom stereocenters. The van der Waals surface area contributed by atoms with Crippen LogP contribution >= 0.6 is 11.6 Å². The minimum atomic E-state index is -3.01. The number of hydrogen-bond donors (Lipinski definition) is 1. The molecule has 2 fully saturated rings. The summed E-state index contributed by atoms with van der Waals surface area (Å²) in [6.07, 6.45) is 6.17. The Labute approximate surface area is 182 Å². The zero-order valence-corrected chi connectivity index (χ0v) is 18.4. The van der Waals surface area contributed by atoms with Crippen LogP contribution in [0.25, 0.3) is 0 Å². The fourth-order valence-corrected chi connectivity index (χ4v) is 5.81. The number of carbonyl (C=O) groups is 1. The molecule has 30 heavy (non-hydrogen) atoms. The third-order valence-electron chi connectivity index (χ3n) is 6.25. The number of halogens is 1. The number of hydrogen-bond acceptors (Lipinski definition) is 5. The quantitative estimate of drug-likeness (QED) is 0.758. The molecule has 1 aromatic carbocycles. The highest BCUT2D eigenvalue weighted by Gasteiger charge is 2.35. The van der Waals surface area contributed by atoms with E-state index in [0.717, 1.165) is 30.2 Å². The van der Waals surface area contributed by atoms with Crippen LogP contribution in [0.15, 0.2) is 42.6 Å². The van der Waals surface area contributed by atoms with Crippen LogP contribution in [0.2, 0.25) is 5.02 Å². The van der Waals surface area contributed by atoms with Crippen molar-refractivity contribution in [2.45, 2.75) is 31.1 Å². The molecule has 1 saturated carbocycles. The third kappa shape index (κ3) is 4.62. The van der Waals surface area contributed by atoms with Crippen molar-refractivity contribution >= 4 is 33.2 Å². The zero-order valence-electron chi connectivity index (χ0n) is 16.8. The van der Waals surface area contributed by atoms with Crippen LogP contribution in [0.3, 0.4) is 0 Å². The largest absolute Gasteiger partial charge is 0.369 e. The van der Waals surface area contributed by atoms with E-state index in [2.05, 4.69) is 22.4 Å². The summed E-state index contributed by atoms with van der Waals surface area (Å²) in [5, 5.41) is 4.20. The molecule has 8 heteroatoms. The lowest BCUT2D eigenvalue weighted by Crippen LogP contribution is -2.43. The summed E-state index contributed by atoms with van der Waals surface area (Å²) in [5.41, 5.74) is 1.78. The molecule has 0 bridgehead atoms. The zero-order chi connectivity index (χ0) is 21.2. The number of pyridine rings is 1. The molecule has 1 amide bonds. The van der Waals surface area contributed by atoms with Gasteiger partial charge in [0.1, 0.15) is 5.82 Å². The van der Waals surface area contributed by atoms with E-state index in [9.17, 15) is 13.2 Å². The van der Waals surface area contributed by atoms with E-state index < -0.39 is 9.84 Å². The molecule has 1 aliphatic heterocycles. The maximum atomic E-state index is 12.6. The Balaban J connectivity index is 1.41. The van der Waals surface area contributed by atoms with E-state index in [4.69, 9.17) is 11.6 Å². The third-order valence-corrected chi connectivity index (χ3v) is 8.09. The van der Waals surface area contributed by atoms with Gasteiger partial charge in [-0.15, -0.1) is 0 Å². The standard InChI is InChI=1S/C22H26ClN3O3S/c23-19-5-3-4-18(14-19)22(8-1-2-9-22)16-25-20-7-6-17(15-24-20)21(27)26-10-12-30(28,29)13-11-26/h3-7,14-15H,1-2,8-13,16H2,(H,24,25). The fourth-order valence-electron chi connectivity index (χ4n) is 4.42. The van der Waals surface area contributed by atoms with Crippen LogP contribution in [0, 0.1) is 0 Å². The summed E-state index contributed by atoms with van der Waals surface area (Å²) >= 11 is 6.23. The highest BCUT2D eigenvalue weighted by Crippen LogP contribution is 2.41. The van der Waals surface area contributed by atoms with E-state index in [-0.39, 0.29) is 35.9 Å². The summed E-state index contributed by atoms with van der Waals surface area (Å²) in [6.45, 7) is 1.24. The van der Waals surface area contributed by atoms with Crippen molar-refractivity contribution in [3.05, 3.63) is 58.7 Å². The average molecular weight is 448 g/mol. The Kier molecular flexibility index (Phi) is 6.02. The average Bonchev–Trinajstić information content (AvgIpc) is 3.22. The van der Waals surface area contributed by atoms with Gasteiger partial charge in [-0.25, -0.2) is 13.4 Å². The molecule has 1 N–H and O–H groups in total. The van der Waals surface area contributed by atoms with Gasteiger partial charge in [-0.05, 0) is 42.7 Å². The van der Waals surface area contributed by atoms with Crippen molar-refractivity contribution < 1.29 is 13.2 Å². The molecular formula is C22H26ClN3O3S. The van der Waals surface area contributed by atoms with Gasteiger partial charge in [0.2, 0.25) is 0 Å². The second-order valence-electron chi connectivity index (χ2n) is 8.23. The molecule has 4 rings (SSSR count). The van der Waals surface area contributed by atoms with Gasteiger partial charge in [0.15, 0.2) is 9.84 Å². The molecular weight excluding hydrogens is 422 g/mol. The summed E-state index contributed by atoms with van der Waals surface area (Å²) in [7, 11) is -3.01. The number of anilines is 1. The lowest BCUT2D eigenvalue weighted by molar-refractivity contribution is 0.0770. The van der Waals surface area contributed by atoms with Gasteiger partial charge in [-0.2, -0.15) is 0 Å². The predicted octanol–water partition coefficient (Wildman–Crippen LogP) is 3.53. The highest BCUT2D eigenvalue weighted by atomic mass is 35.5. The molecule has 1 aliphatic carbocycles. The van der Waals surface area contributed by atoms with Crippen molar-refractivity contribution in [1.82, 2.24) is 9.88 Å². The molecule has 160 valence electrons. The van der Waals surface area contributed by atoms with Crippen LogP contribution < -0.4 is 5.32 Å². The van der Waals surface area contributed by atoms with Crippen LogP contribution in [0.1, 0.15) is 41.6 Å². The van der Waals surface area contributed by atoms with Gasteiger partial charge < -0.3 is 10.2 Å². The normalized spacial score (nSPS) is 20.1. The van der Waals surface area contributed by atoms with Crippen molar-refractivity contribution in [2.75, 3.05) is 36.5 Å². The Morgan fingerprint density at radius 2 is 1.87 bits per heavy atom. The lowest BCUT2D eigenvalue weighted by Gasteiger charge is -2.30. The number of benzene rings is 1. The molecule has 6 nitrogen and oxygen atoms in total. The van der Waals surface area contributed by atoms with Crippen molar-refractivity contribution in [3.8, 4) is 0 Å². The molecule has 0 spiro atoms. The molecule has 1 aromatic heterocycles. The Morgan fingerprint density at radius 3 is 2.50 bits per heavy atom. The molecule has 0 atom stereocenters. The Bertz CT molecular complexity index is 1000. The van der Waals surface area contributed by atoms with Crippen molar-refractivity contribution in [1.29, 1.82) is 0 Å². The van der Waals surface area contributed by atoms with Gasteiger partial charge in [-0.3, -0.25) is 4.79 Å². The molecule has 2 aromatic rings. The van der Waals surface area contributed by atoms with Crippen molar-refractivity contribution in [2.24, 2.45) is 0 Å². The summed E-state index contributed by atoms with van der Waals surface area (Å²) in [4.78, 5) is 18.6. The van der Waals surface area contributed by atoms with E-state index >= 15 is 0 Å². The predicted molar refractivity (Wildman–Crippen MR) is 119 cm³/mol. The summed E-state index contributed by atoms with van der Waals surface area (Å²) in [5.74, 6) is 0.602. The second-order valence-corrected chi connectivity index (χ2v) is 11.0. The van der Waals surface area contributed by atoms with Crippen LogP contribution in [-0.2, 0) is 15.3 Å². The summed E-state index contributed by atoms with van der Waals surface area (Å²) < 4.78 is 23.1. The first-order valence-corrected chi connectivity index (χ1v) is 12.5. The van der Waals surface area contributed by atoms with E-state index in [0.29, 0.717) is 5.56 Å². The number of carbonyl (C=O) groups excluding carboxylic acids is 1. The SMILES string of the molecule is O=C(c1ccc(NCC2(c3cccc(Cl)c3)CCCC2)nc1)N1CCS(=O)(=O)CC1.